The van der Waals surface area contributed by atoms with Gasteiger partial charge in [0.1, 0.15) is 5.69 Å². The Balaban J connectivity index is 1.55. The molecular formula is C21H29FN2O4. The predicted octanol–water partition coefficient (Wildman–Crippen LogP) is 4.91. The molecule has 0 spiro atoms. The van der Waals surface area contributed by atoms with Gasteiger partial charge >= 0.3 is 0 Å². The Morgan fingerprint density at radius 3 is 2.54 bits per heavy atom. The lowest BCUT2D eigenvalue weighted by Gasteiger charge is -2.25. The SMILES string of the molecule is CC(C)(O)OCC1(COCCC(C)(C)c2cc3cc(N=O)c(F)cc3[nH]2)CC1. The first-order valence-corrected chi connectivity index (χ1v) is 9.64. The van der Waals surface area contributed by atoms with Crippen LogP contribution in [0.15, 0.2) is 23.4 Å². The van der Waals surface area contributed by atoms with Gasteiger partial charge < -0.3 is 19.6 Å². The summed E-state index contributed by atoms with van der Waals surface area (Å²) < 4.78 is 25.2. The molecule has 154 valence electrons. The topological polar surface area (TPSA) is 83.9 Å². The summed E-state index contributed by atoms with van der Waals surface area (Å²) in [6, 6.07) is 4.70. The van der Waals surface area contributed by atoms with Crippen LogP contribution in [-0.2, 0) is 14.9 Å². The zero-order valence-electron chi connectivity index (χ0n) is 17.0. The first-order valence-electron chi connectivity index (χ1n) is 9.64. The summed E-state index contributed by atoms with van der Waals surface area (Å²) in [6.45, 7) is 9.16. The summed E-state index contributed by atoms with van der Waals surface area (Å²) in [5.74, 6) is -1.74. The van der Waals surface area contributed by atoms with Gasteiger partial charge in [-0.1, -0.05) is 13.8 Å². The molecule has 1 saturated carbocycles. The van der Waals surface area contributed by atoms with Gasteiger partial charge in [-0.25, -0.2) is 4.39 Å². The number of rotatable bonds is 10. The van der Waals surface area contributed by atoms with E-state index in [4.69, 9.17) is 9.47 Å². The van der Waals surface area contributed by atoms with Crippen molar-refractivity contribution in [1.82, 2.24) is 4.98 Å². The van der Waals surface area contributed by atoms with Crippen LogP contribution < -0.4 is 0 Å². The summed E-state index contributed by atoms with van der Waals surface area (Å²) in [5.41, 5.74) is 1.25. The number of aromatic amines is 1. The van der Waals surface area contributed by atoms with E-state index in [1.54, 1.807) is 13.8 Å². The van der Waals surface area contributed by atoms with Crippen molar-refractivity contribution in [3.8, 4) is 0 Å². The van der Waals surface area contributed by atoms with Crippen molar-refractivity contribution in [1.29, 1.82) is 0 Å². The number of aliphatic hydroxyl groups is 1. The Hall–Kier alpha value is -1.83. The van der Waals surface area contributed by atoms with Crippen molar-refractivity contribution in [3.63, 3.8) is 0 Å². The van der Waals surface area contributed by atoms with Crippen LogP contribution in [0.2, 0.25) is 0 Å². The van der Waals surface area contributed by atoms with Crippen molar-refractivity contribution in [2.24, 2.45) is 10.6 Å². The third-order valence-electron chi connectivity index (χ3n) is 5.48. The van der Waals surface area contributed by atoms with Gasteiger partial charge in [-0.15, -0.1) is 4.91 Å². The molecule has 0 radical (unpaired) electrons. The molecule has 0 atom stereocenters. The van der Waals surface area contributed by atoms with Gasteiger partial charge in [-0.2, -0.15) is 0 Å². The van der Waals surface area contributed by atoms with Gasteiger partial charge in [0.2, 0.25) is 0 Å². The van der Waals surface area contributed by atoms with Crippen LogP contribution in [0.4, 0.5) is 10.1 Å². The van der Waals surface area contributed by atoms with Crippen LogP contribution in [0.1, 0.15) is 52.7 Å². The average Bonchev–Trinajstić information content (AvgIpc) is 3.26. The third kappa shape index (κ3) is 4.96. The van der Waals surface area contributed by atoms with E-state index in [-0.39, 0.29) is 16.5 Å². The van der Waals surface area contributed by atoms with Crippen LogP contribution in [-0.4, -0.2) is 35.7 Å². The highest BCUT2D eigenvalue weighted by Crippen LogP contribution is 2.46. The first kappa shape index (κ1) is 20.9. The minimum Gasteiger partial charge on any atom is -0.381 e. The molecule has 1 heterocycles. The normalized spacial score (nSPS) is 16.5. The van der Waals surface area contributed by atoms with Crippen LogP contribution in [0.5, 0.6) is 0 Å². The fourth-order valence-electron chi connectivity index (χ4n) is 3.16. The number of nitrogens with zero attached hydrogens (tertiary/aromatic N) is 1. The van der Waals surface area contributed by atoms with Crippen LogP contribution in [0, 0.1) is 16.1 Å². The van der Waals surface area contributed by atoms with Gasteiger partial charge in [0, 0.05) is 40.1 Å². The monoisotopic (exact) mass is 392 g/mol. The maximum Gasteiger partial charge on any atom is 0.159 e. The summed E-state index contributed by atoms with van der Waals surface area (Å²) in [5, 5.41) is 13.2. The van der Waals surface area contributed by atoms with Gasteiger partial charge in [0.15, 0.2) is 11.6 Å². The lowest BCUT2D eigenvalue weighted by Crippen LogP contribution is -2.29. The summed E-state index contributed by atoms with van der Waals surface area (Å²) >= 11 is 0. The molecule has 2 N–H and O–H groups in total. The zero-order chi connectivity index (χ0) is 20.6. The molecule has 28 heavy (non-hydrogen) atoms. The number of hydrogen-bond donors (Lipinski definition) is 2. The molecule has 0 bridgehead atoms. The molecule has 2 aromatic rings. The van der Waals surface area contributed by atoms with Gasteiger partial charge in [-0.3, -0.25) is 0 Å². The number of hydrogen-bond acceptors (Lipinski definition) is 5. The van der Waals surface area contributed by atoms with E-state index in [2.05, 4.69) is 24.0 Å². The second-order valence-electron chi connectivity index (χ2n) is 9.09. The smallest absolute Gasteiger partial charge is 0.159 e. The van der Waals surface area contributed by atoms with Crippen molar-refractivity contribution in [2.75, 3.05) is 19.8 Å². The number of halogens is 1. The number of nitrogens with one attached hydrogen (secondary N) is 1. The maximum atomic E-state index is 13.8. The van der Waals surface area contributed by atoms with E-state index in [0.717, 1.165) is 30.3 Å². The molecule has 0 unspecified atom stereocenters. The molecule has 0 amide bonds. The average molecular weight is 392 g/mol. The third-order valence-corrected chi connectivity index (χ3v) is 5.48. The summed E-state index contributed by atoms with van der Waals surface area (Å²) in [7, 11) is 0. The second-order valence-corrected chi connectivity index (χ2v) is 9.09. The van der Waals surface area contributed by atoms with Crippen molar-refractivity contribution in [3.05, 3.63) is 34.6 Å². The highest BCUT2D eigenvalue weighted by Gasteiger charge is 2.44. The number of ether oxygens (including phenoxy) is 2. The number of nitroso groups, excluding NO2 is 1. The van der Waals surface area contributed by atoms with E-state index < -0.39 is 11.6 Å². The Bertz CT molecular complexity index is 850. The van der Waals surface area contributed by atoms with Crippen LogP contribution >= 0.6 is 0 Å². The lowest BCUT2D eigenvalue weighted by atomic mass is 9.86. The van der Waals surface area contributed by atoms with Gasteiger partial charge in [0.25, 0.3) is 0 Å². The Kier molecular flexibility index (Phi) is 5.62. The molecule has 1 aromatic heterocycles. The number of aromatic nitrogens is 1. The van der Waals surface area contributed by atoms with Gasteiger partial charge in [0.05, 0.1) is 13.2 Å². The molecule has 3 rings (SSSR count). The largest absolute Gasteiger partial charge is 0.381 e. The van der Waals surface area contributed by atoms with Crippen molar-refractivity contribution in [2.45, 2.75) is 58.2 Å². The van der Waals surface area contributed by atoms with E-state index in [9.17, 15) is 14.4 Å². The number of fused-ring (bicyclic) bond motifs is 1. The minimum atomic E-state index is -1.12. The standard InChI is InChI=1S/C21H29FN2O4/c1-19(2,7-8-27-12-21(5-6-21)13-28-20(3,4)25)18-10-14-9-17(24-26)15(22)11-16(14)23-18/h9-11,23,25H,5-8,12-13H2,1-4H3. The molecule has 1 aromatic carbocycles. The minimum absolute atomic E-state index is 0.0288. The van der Waals surface area contributed by atoms with Gasteiger partial charge in [-0.05, 0) is 50.4 Å². The maximum absolute atomic E-state index is 13.8. The first-order chi connectivity index (χ1) is 13.0. The molecule has 7 heteroatoms. The molecule has 6 nitrogen and oxygen atoms in total. The molecule has 1 aliphatic carbocycles. The van der Waals surface area contributed by atoms with E-state index in [0.29, 0.717) is 25.3 Å². The highest BCUT2D eigenvalue weighted by molar-refractivity contribution is 5.84. The fraction of sp³-hybridized carbons (Fsp3) is 0.619. The van der Waals surface area contributed by atoms with Crippen molar-refractivity contribution >= 4 is 16.6 Å². The van der Waals surface area contributed by atoms with E-state index in [1.165, 1.54) is 12.1 Å². The number of H-pyrrole nitrogens is 1. The molecule has 0 saturated heterocycles. The Morgan fingerprint density at radius 2 is 1.93 bits per heavy atom. The Morgan fingerprint density at radius 1 is 1.21 bits per heavy atom. The molecule has 1 aliphatic rings. The Labute approximate surface area is 164 Å². The van der Waals surface area contributed by atoms with Crippen molar-refractivity contribution < 1.29 is 19.0 Å². The van der Waals surface area contributed by atoms with Crippen LogP contribution in [0.3, 0.4) is 0 Å². The zero-order valence-corrected chi connectivity index (χ0v) is 17.0. The van der Waals surface area contributed by atoms with E-state index in [1.807, 2.05) is 6.07 Å². The second kappa shape index (κ2) is 7.54. The fourth-order valence-corrected chi connectivity index (χ4v) is 3.16. The molecule has 0 aliphatic heterocycles. The molecular weight excluding hydrogens is 363 g/mol. The lowest BCUT2D eigenvalue weighted by molar-refractivity contribution is -0.189. The quantitative estimate of drug-likeness (QED) is 0.342. The predicted molar refractivity (Wildman–Crippen MR) is 106 cm³/mol. The summed E-state index contributed by atoms with van der Waals surface area (Å²) in [6.07, 6.45) is 2.88. The van der Waals surface area contributed by atoms with E-state index >= 15 is 0 Å². The van der Waals surface area contributed by atoms with Crippen LogP contribution in [0.25, 0.3) is 10.9 Å². The number of benzene rings is 1. The molecule has 1 fully saturated rings. The highest BCUT2D eigenvalue weighted by atomic mass is 19.1. The summed E-state index contributed by atoms with van der Waals surface area (Å²) in [4.78, 5) is 13.9.